The Kier molecular flexibility index (Phi) is 5.24. The second kappa shape index (κ2) is 6.32. The molecule has 1 rings (SSSR count). The Bertz CT molecular complexity index is 532. The van der Waals surface area contributed by atoms with Crippen molar-refractivity contribution in [2.75, 3.05) is 20.1 Å². The Balaban J connectivity index is 3.00. The number of carbonyl (C=O) groups excluding carboxylic acids is 1. The Morgan fingerprint density at radius 2 is 2.05 bits per heavy atom. The van der Waals surface area contributed by atoms with E-state index in [1.54, 1.807) is 13.1 Å². The van der Waals surface area contributed by atoms with Crippen LogP contribution in [0.1, 0.15) is 24.2 Å². The van der Waals surface area contributed by atoms with Crippen molar-refractivity contribution in [1.29, 1.82) is 0 Å². The van der Waals surface area contributed by atoms with Crippen molar-refractivity contribution in [2.45, 2.75) is 13.8 Å². The molecule has 1 amide bonds. The summed E-state index contributed by atoms with van der Waals surface area (Å²) in [5, 5.41) is 10.8. The molecule has 0 aliphatic heterocycles. The van der Waals surface area contributed by atoms with Gasteiger partial charge in [0.2, 0.25) is 0 Å². The monoisotopic (exact) mass is 343 g/mol. The van der Waals surface area contributed by atoms with Crippen LogP contribution in [0.25, 0.3) is 0 Å². The number of benzene rings is 1. The summed E-state index contributed by atoms with van der Waals surface area (Å²) in [5.74, 6) is -0.268. The van der Waals surface area contributed by atoms with Gasteiger partial charge in [-0.25, -0.2) is 0 Å². The van der Waals surface area contributed by atoms with Crippen molar-refractivity contribution in [1.82, 2.24) is 4.90 Å². The largest absolute Gasteiger partial charge is 0.341 e. The van der Waals surface area contributed by atoms with Crippen LogP contribution in [0.15, 0.2) is 22.7 Å². The van der Waals surface area contributed by atoms with Crippen molar-refractivity contribution in [2.24, 2.45) is 11.1 Å². The molecule has 0 atom stereocenters. The van der Waals surface area contributed by atoms with Crippen LogP contribution in [0, 0.1) is 15.5 Å². The summed E-state index contributed by atoms with van der Waals surface area (Å²) < 4.78 is 0.501. The summed E-state index contributed by atoms with van der Waals surface area (Å²) in [6.45, 7) is 4.84. The van der Waals surface area contributed by atoms with E-state index in [9.17, 15) is 14.9 Å². The number of hydrogen-bond acceptors (Lipinski definition) is 4. The number of halogens is 1. The molecular formula is C13H18BrN3O3. The third kappa shape index (κ3) is 4.28. The SMILES string of the molecule is CN(CC(C)(C)CN)C(=O)c1cc(Br)cc([N+](=O)[O-])c1. The average Bonchev–Trinajstić information content (AvgIpc) is 2.36. The van der Waals surface area contributed by atoms with Crippen molar-refractivity contribution >= 4 is 27.5 Å². The molecule has 20 heavy (non-hydrogen) atoms. The topological polar surface area (TPSA) is 89.5 Å². The lowest BCUT2D eigenvalue weighted by Crippen LogP contribution is -2.39. The van der Waals surface area contributed by atoms with E-state index in [1.165, 1.54) is 17.0 Å². The lowest BCUT2D eigenvalue weighted by atomic mass is 9.93. The number of amides is 1. The van der Waals surface area contributed by atoms with E-state index in [0.717, 1.165) is 0 Å². The Morgan fingerprint density at radius 1 is 1.45 bits per heavy atom. The number of carbonyl (C=O) groups is 1. The summed E-state index contributed by atoms with van der Waals surface area (Å²) in [6, 6.07) is 4.21. The predicted octanol–water partition coefficient (Wildman–Crippen LogP) is 2.41. The molecule has 0 aliphatic rings. The second-order valence-electron chi connectivity index (χ2n) is 5.48. The normalized spacial score (nSPS) is 11.2. The number of hydrogen-bond donors (Lipinski definition) is 1. The average molecular weight is 344 g/mol. The van der Waals surface area contributed by atoms with Gasteiger partial charge < -0.3 is 10.6 Å². The highest BCUT2D eigenvalue weighted by molar-refractivity contribution is 9.10. The molecule has 110 valence electrons. The van der Waals surface area contributed by atoms with Gasteiger partial charge >= 0.3 is 0 Å². The van der Waals surface area contributed by atoms with Crippen molar-refractivity contribution in [3.05, 3.63) is 38.3 Å². The Morgan fingerprint density at radius 3 is 2.55 bits per heavy atom. The van der Waals surface area contributed by atoms with Gasteiger partial charge in [-0.15, -0.1) is 0 Å². The summed E-state index contributed by atoms with van der Waals surface area (Å²) >= 11 is 3.18. The van der Waals surface area contributed by atoms with Crippen LogP contribution in [-0.2, 0) is 0 Å². The first-order valence-electron chi connectivity index (χ1n) is 6.07. The molecule has 0 unspecified atom stereocenters. The molecule has 0 aliphatic carbocycles. The van der Waals surface area contributed by atoms with Crippen LogP contribution in [0.4, 0.5) is 5.69 Å². The molecule has 2 N–H and O–H groups in total. The van der Waals surface area contributed by atoms with Gasteiger partial charge in [0.1, 0.15) is 0 Å². The molecule has 1 aromatic rings. The smallest absolute Gasteiger partial charge is 0.271 e. The zero-order valence-corrected chi connectivity index (χ0v) is 13.3. The van der Waals surface area contributed by atoms with Crippen molar-refractivity contribution in [3.8, 4) is 0 Å². The predicted molar refractivity (Wildman–Crippen MR) is 80.6 cm³/mol. The van der Waals surface area contributed by atoms with Crippen LogP contribution >= 0.6 is 15.9 Å². The number of nitrogens with zero attached hydrogens (tertiary/aromatic N) is 2. The fourth-order valence-corrected chi connectivity index (χ4v) is 2.28. The fraction of sp³-hybridized carbons (Fsp3) is 0.462. The van der Waals surface area contributed by atoms with Gasteiger partial charge in [0.05, 0.1) is 4.92 Å². The molecule has 0 saturated carbocycles. The van der Waals surface area contributed by atoms with Gasteiger partial charge in [0.25, 0.3) is 11.6 Å². The van der Waals surface area contributed by atoms with Gasteiger partial charge in [-0.2, -0.15) is 0 Å². The number of nitro groups is 1. The molecule has 0 saturated heterocycles. The molecular weight excluding hydrogens is 326 g/mol. The van der Waals surface area contributed by atoms with Crippen LogP contribution in [0.2, 0.25) is 0 Å². The van der Waals surface area contributed by atoms with E-state index in [0.29, 0.717) is 17.6 Å². The third-order valence-electron chi connectivity index (χ3n) is 2.90. The first kappa shape index (κ1) is 16.6. The maximum Gasteiger partial charge on any atom is 0.271 e. The first-order chi connectivity index (χ1) is 9.16. The van der Waals surface area contributed by atoms with E-state index in [4.69, 9.17) is 5.73 Å². The lowest BCUT2D eigenvalue weighted by molar-refractivity contribution is -0.385. The summed E-state index contributed by atoms with van der Waals surface area (Å²) in [5.41, 5.74) is 5.60. The molecule has 0 aromatic heterocycles. The van der Waals surface area contributed by atoms with Gasteiger partial charge in [0.15, 0.2) is 0 Å². The number of non-ortho nitro benzene ring substituents is 1. The maximum atomic E-state index is 12.3. The molecule has 0 bridgehead atoms. The quantitative estimate of drug-likeness (QED) is 0.656. The van der Waals surface area contributed by atoms with Crippen LogP contribution in [0.5, 0.6) is 0 Å². The summed E-state index contributed by atoms with van der Waals surface area (Å²) in [6.07, 6.45) is 0. The Hall–Kier alpha value is -1.47. The molecule has 0 fully saturated rings. The lowest BCUT2D eigenvalue weighted by Gasteiger charge is -2.29. The first-order valence-corrected chi connectivity index (χ1v) is 6.86. The zero-order chi connectivity index (χ0) is 15.5. The van der Waals surface area contributed by atoms with E-state index in [-0.39, 0.29) is 22.6 Å². The highest BCUT2D eigenvalue weighted by Gasteiger charge is 2.23. The molecule has 6 nitrogen and oxygen atoms in total. The minimum Gasteiger partial charge on any atom is -0.341 e. The van der Waals surface area contributed by atoms with E-state index < -0.39 is 4.92 Å². The highest BCUT2D eigenvalue weighted by atomic mass is 79.9. The summed E-state index contributed by atoms with van der Waals surface area (Å²) in [7, 11) is 1.66. The highest BCUT2D eigenvalue weighted by Crippen LogP contribution is 2.23. The standard InChI is InChI=1S/C13H18BrN3O3/c1-13(2,7-15)8-16(3)12(18)9-4-10(14)6-11(5-9)17(19)20/h4-6H,7-8,15H2,1-3H3. The minimum absolute atomic E-state index is 0.116. The molecule has 0 radical (unpaired) electrons. The molecule has 7 heteroatoms. The number of rotatable bonds is 5. The van der Waals surface area contributed by atoms with Crippen molar-refractivity contribution < 1.29 is 9.72 Å². The van der Waals surface area contributed by atoms with E-state index in [2.05, 4.69) is 15.9 Å². The van der Waals surface area contributed by atoms with Gasteiger partial charge in [-0.05, 0) is 18.0 Å². The van der Waals surface area contributed by atoms with Gasteiger partial charge in [-0.1, -0.05) is 29.8 Å². The Labute approximate surface area is 126 Å². The van der Waals surface area contributed by atoms with Crippen LogP contribution < -0.4 is 5.73 Å². The summed E-state index contributed by atoms with van der Waals surface area (Å²) in [4.78, 5) is 24.1. The fourth-order valence-electron chi connectivity index (χ4n) is 1.80. The maximum absolute atomic E-state index is 12.3. The van der Waals surface area contributed by atoms with E-state index in [1.807, 2.05) is 13.8 Å². The van der Waals surface area contributed by atoms with Crippen LogP contribution in [0.3, 0.4) is 0 Å². The number of nitro benzene ring substituents is 1. The second-order valence-corrected chi connectivity index (χ2v) is 6.40. The van der Waals surface area contributed by atoms with Crippen molar-refractivity contribution in [3.63, 3.8) is 0 Å². The van der Waals surface area contributed by atoms with Crippen LogP contribution in [-0.4, -0.2) is 35.9 Å². The molecule has 0 spiro atoms. The van der Waals surface area contributed by atoms with Gasteiger partial charge in [-0.3, -0.25) is 14.9 Å². The molecule has 1 aromatic carbocycles. The third-order valence-corrected chi connectivity index (χ3v) is 3.36. The zero-order valence-electron chi connectivity index (χ0n) is 11.7. The molecule has 0 heterocycles. The van der Waals surface area contributed by atoms with E-state index >= 15 is 0 Å². The minimum atomic E-state index is -0.522. The van der Waals surface area contributed by atoms with Gasteiger partial charge in [0, 0.05) is 35.8 Å². The number of nitrogens with two attached hydrogens (primary N) is 1.